The number of amides is 2. The molecule has 1 saturated heterocycles. The van der Waals surface area contributed by atoms with Gasteiger partial charge in [-0.25, -0.2) is 9.69 Å². The summed E-state index contributed by atoms with van der Waals surface area (Å²) in [5, 5.41) is 0. The van der Waals surface area contributed by atoms with Gasteiger partial charge >= 0.3 is 5.97 Å². The van der Waals surface area contributed by atoms with E-state index in [4.69, 9.17) is 9.15 Å². The molecule has 176 valence electrons. The number of benzene rings is 3. The van der Waals surface area contributed by atoms with Gasteiger partial charge in [0.2, 0.25) is 17.6 Å². The first-order valence-electron chi connectivity index (χ1n) is 11.9. The summed E-state index contributed by atoms with van der Waals surface area (Å²) in [4.78, 5) is 41.9. The van der Waals surface area contributed by atoms with Gasteiger partial charge in [-0.3, -0.25) is 9.59 Å². The van der Waals surface area contributed by atoms with E-state index in [2.05, 4.69) is 24.3 Å². The zero-order valence-corrected chi connectivity index (χ0v) is 19.4. The zero-order chi connectivity index (χ0) is 24.6. The van der Waals surface area contributed by atoms with Crippen LogP contribution in [0.25, 0.3) is 0 Å². The van der Waals surface area contributed by atoms with Crippen molar-refractivity contribution in [3.05, 3.63) is 119 Å². The van der Waals surface area contributed by atoms with Crippen LogP contribution in [0.5, 0.6) is 5.75 Å². The Bertz CT molecular complexity index is 1520. The molecule has 1 fully saturated rings. The predicted octanol–water partition coefficient (Wildman–Crippen LogP) is 5.29. The molecule has 0 radical (unpaired) electrons. The minimum Gasteiger partial charge on any atom is -0.457 e. The number of anilines is 1. The summed E-state index contributed by atoms with van der Waals surface area (Å²) in [6.45, 7) is 1.93. The summed E-state index contributed by atoms with van der Waals surface area (Å²) >= 11 is 0. The average Bonchev–Trinajstić information content (AvgIpc) is 3.50. The van der Waals surface area contributed by atoms with Gasteiger partial charge in [0.15, 0.2) is 0 Å². The van der Waals surface area contributed by atoms with Gasteiger partial charge in [0.25, 0.3) is 0 Å². The Morgan fingerprint density at radius 2 is 1.53 bits per heavy atom. The maximum absolute atomic E-state index is 14.2. The minimum absolute atomic E-state index is 0.0689. The second kappa shape index (κ2) is 7.28. The van der Waals surface area contributed by atoms with Crippen LogP contribution in [0.15, 0.2) is 95.6 Å². The lowest BCUT2D eigenvalue weighted by molar-refractivity contribution is -0.128. The summed E-state index contributed by atoms with van der Waals surface area (Å²) in [5.41, 5.74) is 3.93. The summed E-state index contributed by atoms with van der Waals surface area (Å²) in [5.74, 6) is -1.75. The number of carbonyl (C=O) groups excluding carboxylic acids is 3. The molecule has 2 bridgehead atoms. The third-order valence-corrected chi connectivity index (χ3v) is 8.02. The number of hydrogen-bond acceptors (Lipinski definition) is 5. The minimum atomic E-state index is -0.925. The number of furan rings is 1. The van der Waals surface area contributed by atoms with Gasteiger partial charge in [0.05, 0.1) is 23.3 Å². The molecule has 3 aromatic carbocycles. The molecule has 0 N–H and O–H groups in total. The van der Waals surface area contributed by atoms with Crippen molar-refractivity contribution in [2.24, 2.45) is 11.3 Å². The molecule has 6 nitrogen and oxygen atoms in total. The van der Waals surface area contributed by atoms with Crippen molar-refractivity contribution in [3.63, 3.8) is 0 Å². The SMILES string of the molecule is C[C@@]12C(=O)N(c3cccc(OC(=O)c4ccco4)c3)C(=O)[C@H]1C1c3ccccc3C2c2ccccc21. The van der Waals surface area contributed by atoms with Crippen LogP contribution in [-0.2, 0) is 9.59 Å². The number of carbonyl (C=O) groups is 3. The van der Waals surface area contributed by atoms with Gasteiger partial charge in [-0.2, -0.15) is 0 Å². The van der Waals surface area contributed by atoms with E-state index in [1.807, 2.05) is 31.2 Å². The lowest BCUT2D eigenvalue weighted by atomic mass is 9.48. The number of imide groups is 1. The summed E-state index contributed by atoms with van der Waals surface area (Å²) in [6.07, 6.45) is 1.39. The summed E-state index contributed by atoms with van der Waals surface area (Å²) in [7, 11) is 0. The van der Waals surface area contributed by atoms with Crippen molar-refractivity contribution in [1.29, 1.82) is 0 Å². The fourth-order valence-electron chi connectivity index (χ4n) is 6.60. The van der Waals surface area contributed by atoms with Gasteiger partial charge in [-0.05, 0) is 53.4 Å². The molecule has 1 aliphatic heterocycles. The van der Waals surface area contributed by atoms with E-state index in [9.17, 15) is 14.4 Å². The van der Waals surface area contributed by atoms with Crippen molar-refractivity contribution in [2.75, 3.05) is 4.90 Å². The molecule has 8 rings (SSSR count). The van der Waals surface area contributed by atoms with Crippen molar-refractivity contribution in [2.45, 2.75) is 18.8 Å². The first kappa shape index (κ1) is 20.9. The highest BCUT2D eigenvalue weighted by atomic mass is 16.5. The molecule has 0 saturated carbocycles. The lowest BCUT2D eigenvalue weighted by Gasteiger charge is -2.51. The van der Waals surface area contributed by atoms with Crippen molar-refractivity contribution in [3.8, 4) is 5.75 Å². The summed E-state index contributed by atoms with van der Waals surface area (Å²) < 4.78 is 10.6. The normalized spacial score (nSPS) is 25.4. The van der Waals surface area contributed by atoms with Crippen molar-refractivity contribution in [1.82, 2.24) is 0 Å². The van der Waals surface area contributed by atoms with E-state index in [0.717, 1.165) is 22.3 Å². The standard InChI is InChI=1S/C30H21NO5/c1-30-25-21-12-4-2-10-19(21)24(20-11-3-5-13-22(20)25)26(30)27(32)31(29(30)34)17-8-6-9-18(16-17)36-28(33)23-14-7-15-35-23/h2-16,24-26H,1H3/t24?,25?,26-,30+/m1/s1. The topological polar surface area (TPSA) is 76.8 Å². The van der Waals surface area contributed by atoms with Crippen LogP contribution >= 0.6 is 0 Å². The third kappa shape index (κ3) is 2.58. The van der Waals surface area contributed by atoms with Crippen molar-refractivity contribution >= 4 is 23.5 Å². The van der Waals surface area contributed by atoms with E-state index >= 15 is 0 Å². The van der Waals surface area contributed by atoms with E-state index in [-0.39, 0.29) is 35.2 Å². The van der Waals surface area contributed by atoms with E-state index in [1.54, 1.807) is 30.3 Å². The smallest absolute Gasteiger partial charge is 0.379 e. The van der Waals surface area contributed by atoms with Gasteiger partial charge in [-0.1, -0.05) is 54.6 Å². The zero-order valence-electron chi connectivity index (χ0n) is 19.4. The Morgan fingerprint density at radius 1 is 0.861 bits per heavy atom. The second-order valence-corrected chi connectivity index (χ2v) is 9.77. The molecular formula is C30H21NO5. The van der Waals surface area contributed by atoms with Crippen LogP contribution in [0.4, 0.5) is 5.69 Å². The Morgan fingerprint density at radius 3 is 2.17 bits per heavy atom. The highest BCUT2D eigenvalue weighted by Crippen LogP contribution is 2.67. The van der Waals surface area contributed by atoms with Gasteiger partial charge < -0.3 is 9.15 Å². The van der Waals surface area contributed by atoms with E-state index in [1.165, 1.54) is 17.2 Å². The van der Waals surface area contributed by atoms with Crippen LogP contribution in [0.3, 0.4) is 0 Å². The van der Waals surface area contributed by atoms with Crippen LogP contribution in [0, 0.1) is 11.3 Å². The molecule has 4 aromatic rings. The predicted molar refractivity (Wildman–Crippen MR) is 131 cm³/mol. The molecular weight excluding hydrogens is 454 g/mol. The van der Waals surface area contributed by atoms with Gasteiger partial charge in [0, 0.05) is 17.9 Å². The fourth-order valence-corrected chi connectivity index (χ4v) is 6.60. The van der Waals surface area contributed by atoms with Crippen LogP contribution in [0.1, 0.15) is 51.6 Å². The quantitative estimate of drug-likeness (QED) is 0.229. The molecule has 2 amide bonds. The largest absolute Gasteiger partial charge is 0.457 e. The maximum atomic E-state index is 14.2. The maximum Gasteiger partial charge on any atom is 0.379 e. The number of ether oxygens (including phenoxy) is 1. The number of nitrogens with zero attached hydrogens (tertiary/aromatic N) is 1. The Hall–Kier alpha value is -4.45. The molecule has 3 aliphatic carbocycles. The van der Waals surface area contributed by atoms with E-state index in [0.29, 0.717) is 5.69 Å². The monoisotopic (exact) mass is 475 g/mol. The van der Waals surface area contributed by atoms with E-state index < -0.39 is 17.3 Å². The molecule has 1 aromatic heterocycles. The molecule has 0 spiro atoms. The average molecular weight is 476 g/mol. The van der Waals surface area contributed by atoms with Crippen LogP contribution in [0.2, 0.25) is 0 Å². The third-order valence-electron chi connectivity index (χ3n) is 8.02. The Kier molecular flexibility index (Phi) is 4.22. The first-order valence-corrected chi connectivity index (χ1v) is 11.9. The number of hydrogen-bond donors (Lipinski definition) is 0. The summed E-state index contributed by atoms with van der Waals surface area (Å²) in [6, 6.07) is 26.0. The molecule has 2 atom stereocenters. The van der Waals surface area contributed by atoms with Gasteiger partial charge in [0.1, 0.15) is 5.75 Å². The van der Waals surface area contributed by atoms with Crippen LogP contribution < -0.4 is 9.64 Å². The molecule has 6 heteroatoms. The fraction of sp³-hybridized carbons (Fsp3) is 0.167. The highest BCUT2D eigenvalue weighted by molar-refractivity contribution is 6.25. The second-order valence-electron chi connectivity index (χ2n) is 9.77. The van der Waals surface area contributed by atoms with Gasteiger partial charge in [-0.15, -0.1) is 0 Å². The lowest BCUT2D eigenvalue weighted by Crippen LogP contribution is -2.49. The molecule has 36 heavy (non-hydrogen) atoms. The Labute approximate surface area is 207 Å². The molecule has 4 aliphatic rings. The van der Waals surface area contributed by atoms with Crippen LogP contribution in [-0.4, -0.2) is 17.8 Å². The van der Waals surface area contributed by atoms with Crippen molar-refractivity contribution < 1.29 is 23.5 Å². The Balaban J connectivity index is 1.32. The first-order chi connectivity index (χ1) is 17.5. The molecule has 0 unspecified atom stereocenters. The molecule has 2 heterocycles. The number of esters is 1. The highest BCUT2D eigenvalue weighted by Gasteiger charge is 2.68. The number of rotatable bonds is 3.